The fourth-order valence-corrected chi connectivity index (χ4v) is 2.09. The van der Waals surface area contributed by atoms with E-state index < -0.39 is 5.63 Å². The van der Waals surface area contributed by atoms with Crippen LogP contribution in [0.1, 0.15) is 20.8 Å². The number of benzene rings is 1. The highest BCUT2D eigenvalue weighted by Crippen LogP contribution is 2.31. The molecule has 4 nitrogen and oxygen atoms in total. The van der Waals surface area contributed by atoms with Crippen molar-refractivity contribution in [2.45, 2.75) is 20.8 Å². The fraction of sp³-hybridized carbons (Fsp3) is 0.400. The van der Waals surface area contributed by atoms with Crippen LogP contribution in [0.3, 0.4) is 0 Å². The lowest BCUT2D eigenvalue weighted by Crippen LogP contribution is -2.19. The van der Waals surface area contributed by atoms with Crippen LogP contribution in [0.15, 0.2) is 27.4 Å². The number of nitrogens with one attached hydrogen (secondary N) is 1. The number of hydrogen-bond acceptors (Lipinski definition) is 4. The highest BCUT2D eigenvalue weighted by molar-refractivity contribution is 6.36. The SMILES string of the molecule is COc1oc(=O)c2cc(NCC(C)(C)C)ccc2c1Cl. The first-order chi connectivity index (χ1) is 9.31. The molecule has 1 aromatic carbocycles. The summed E-state index contributed by atoms with van der Waals surface area (Å²) < 4.78 is 9.98. The van der Waals surface area contributed by atoms with Crippen molar-refractivity contribution in [2.75, 3.05) is 19.0 Å². The minimum atomic E-state index is -0.458. The molecule has 20 heavy (non-hydrogen) atoms. The van der Waals surface area contributed by atoms with E-state index in [9.17, 15) is 4.79 Å². The van der Waals surface area contributed by atoms with E-state index in [2.05, 4.69) is 26.1 Å². The van der Waals surface area contributed by atoms with Gasteiger partial charge < -0.3 is 14.5 Å². The Bertz CT molecular complexity index is 686. The standard InChI is InChI=1S/C15H18ClNO3/c1-15(2,3)8-17-9-5-6-10-11(7-9)13(18)20-14(19-4)12(10)16/h5-7,17H,8H2,1-4H3. The molecule has 0 saturated heterocycles. The molecular weight excluding hydrogens is 278 g/mol. The minimum absolute atomic E-state index is 0.0413. The molecule has 2 aromatic rings. The van der Waals surface area contributed by atoms with Gasteiger partial charge in [0, 0.05) is 17.6 Å². The van der Waals surface area contributed by atoms with Crippen LogP contribution in [0.25, 0.3) is 10.8 Å². The molecule has 0 aliphatic heterocycles. The molecule has 1 aromatic heterocycles. The first-order valence-corrected chi connectivity index (χ1v) is 6.74. The van der Waals surface area contributed by atoms with E-state index in [1.165, 1.54) is 7.11 Å². The Kier molecular flexibility index (Phi) is 3.95. The second-order valence-electron chi connectivity index (χ2n) is 5.87. The predicted octanol–water partition coefficient (Wildman–Crippen LogP) is 3.91. The maximum Gasteiger partial charge on any atom is 0.346 e. The van der Waals surface area contributed by atoms with E-state index in [0.717, 1.165) is 12.2 Å². The molecule has 0 amide bonds. The van der Waals surface area contributed by atoms with Crippen molar-refractivity contribution >= 4 is 28.1 Å². The van der Waals surface area contributed by atoms with E-state index in [4.69, 9.17) is 20.8 Å². The van der Waals surface area contributed by atoms with Gasteiger partial charge in [0.05, 0.1) is 12.5 Å². The average Bonchev–Trinajstić information content (AvgIpc) is 2.39. The lowest BCUT2D eigenvalue weighted by molar-refractivity contribution is 0.289. The molecule has 0 aliphatic carbocycles. The lowest BCUT2D eigenvalue weighted by Gasteiger charge is -2.19. The maximum atomic E-state index is 11.9. The van der Waals surface area contributed by atoms with Crippen LogP contribution in [0.5, 0.6) is 5.95 Å². The van der Waals surface area contributed by atoms with E-state index in [-0.39, 0.29) is 11.4 Å². The summed E-state index contributed by atoms with van der Waals surface area (Å²) in [6, 6.07) is 5.43. The third-order valence-corrected chi connectivity index (χ3v) is 3.21. The van der Waals surface area contributed by atoms with Gasteiger partial charge in [-0.1, -0.05) is 38.4 Å². The summed E-state index contributed by atoms with van der Waals surface area (Å²) in [5, 5.41) is 4.67. The van der Waals surface area contributed by atoms with Crippen LogP contribution >= 0.6 is 11.6 Å². The summed E-state index contributed by atoms with van der Waals surface area (Å²) in [5.74, 6) is 0.0413. The van der Waals surface area contributed by atoms with Gasteiger partial charge in [0.2, 0.25) is 0 Å². The summed E-state index contributed by atoms with van der Waals surface area (Å²) in [7, 11) is 1.41. The van der Waals surface area contributed by atoms with Gasteiger partial charge in [0.15, 0.2) is 0 Å². The van der Waals surface area contributed by atoms with Crippen LogP contribution in [0.2, 0.25) is 5.02 Å². The average molecular weight is 296 g/mol. The zero-order valence-corrected chi connectivity index (χ0v) is 12.8. The third-order valence-electron chi connectivity index (χ3n) is 2.85. The monoisotopic (exact) mass is 295 g/mol. The quantitative estimate of drug-likeness (QED) is 0.932. The van der Waals surface area contributed by atoms with Crippen LogP contribution in [-0.4, -0.2) is 13.7 Å². The molecule has 0 bridgehead atoms. The first kappa shape index (κ1) is 14.7. The molecule has 0 saturated carbocycles. The van der Waals surface area contributed by atoms with Gasteiger partial charge in [0.25, 0.3) is 0 Å². The third kappa shape index (κ3) is 3.07. The normalized spacial score (nSPS) is 11.7. The van der Waals surface area contributed by atoms with Crippen molar-refractivity contribution in [3.8, 4) is 5.95 Å². The van der Waals surface area contributed by atoms with Crippen molar-refractivity contribution in [1.82, 2.24) is 0 Å². The van der Waals surface area contributed by atoms with Gasteiger partial charge in [-0.2, -0.15) is 0 Å². The van der Waals surface area contributed by atoms with Crippen molar-refractivity contribution < 1.29 is 9.15 Å². The number of anilines is 1. The van der Waals surface area contributed by atoms with Crippen molar-refractivity contribution in [1.29, 1.82) is 0 Å². The highest BCUT2D eigenvalue weighted by Gasteiger charge is 2.14. The number of ether oxygens (including phenoxy) is 1. The molecule has 2 rings (SSSR count). The Morgan fingerprint density at radius 2 is 2.00 bits per heavy atom. The van der Waals surface area contributed by atoms with Crippen LogP contribution in [-0.2, 0) is 0 Å². The number of rotatable bonds is 3. The topological polar surface area (TPSA) is 51.5 Å². The Morgan fingerprint density at radius 1 is 1.30 bits per heavy atom. The summed E-state index contributed by atoms with van der Waals surface area (Å²) in [6.45, 7) is 7.21. The molecule has 0 radical (unpaired) electrons. The van der Waals surface area contributed by atoms with Gasteiger partial charge >= 0.3 is 11.6 Å². The van der Waals surface area contributed by atoms with Gasteiger partial charge in [-0.3, -0.25) is 0 Å². The largest absolute Gasteiger partial charge is 0.467 e. The molecular formula is C15H18ClNO3. The van der Waals surface area contributed by atoms with E-state index in [1.807, 2.05) is 6.07 Å². The van der Waals surface area contributed by atoms with E-state index in [0.29, 0.717) is 15.8 Å². The van der Waals surface area contributed by atoms with Crippen LogP contribution < -0.4 is 15.7 Å². The lowest BCUT2D eigenvalue weighted by atomic mass is 9.97. The van der Waals surface area contributed by atoms with Crippen molar-refractivity contribution in [3.63, 3.8) is 0 Å². The summed E-state index contributed by atoms with van der Waals surface area (Å²) in [5.41, 5.74) is 0.554. The van der Waals surface area contributed by atoms with Gasteiger partial charge in [-0.15, -0.1) is 0 Å². The molecule has 1 N–H and O–H groups in total. The molecule has 108 valence electrons. The highest BCUT2D eigenvalue weighted by atomic mass is 35.5. The van der Waals surface area contributed by atoms with Crippen LogP contribution in [0.4, 0.5) is 5.69 Å². The fourth-order valence-electron chi connectivity index (χ4n) is 1.81. The first-order valence-electron chi connectivity index (χ1n) is 6.36. The second kappa shape index (κ2) is 5.37. The number of halogens is 1. The molecule has 1 heterocycles. The van der Waals surface area contributed by atoms with Gasteiger partial charge in [-0.05, 0) is 17.5 Å². The molecule has 0 unspecified atom stereocenters. The molecule has 0 spiro atoms. The maximum absolute atomic E-state index is 11.9. The van der Waals surface area contributed by atoms with Gasteiger partial charge in [0.1, 0.15) is 5.02 Å². The van der Waals surface area contributed by atoms with Crippen LogP contribution in [0, 0.1) is 5.41 Å². The smallest absolute Gasteiger partial charge is 0.346 e. The number of hydrogen-bond donors (Lipinski definition) is 1. The zero-order chi connectivity index (χ0) is 14.9. The summed E-state index contributed by atoms with van der Waals surface area (Å²) >= 11 is 6.14. The molecule has 5 heteroatoms. The summed E-state index contributed by atoms with van der Waals surface area (Å²) in [4.78, 5) is 11.9. The van der Waals surface area contributed by atoms with E-state index >= 15 is 0 Å². The Balaban J connectivity index is 2.45. The second-order valence-corrected chi connectivity index (χ2v) is 6.25. The molecule has 0 atom stereocenters. The minimum Gasteiger partial charge on any atom is -0.467 e. The molecule has 0 aliphatic rings. The van der Waals surface area contributed by atoms with E-state index in [1.54, 1.807) is 12.1 Å². The number of fused-ring (bicyclic) bond motifs is 1. The Labute approximate surface area is 122 Å². The summed E-state index contributed by atoms with van der Waals surface area (Å²) in [6.07, 6.45) is 0. The number of methoxy groups -OCH3 is 1. The predicted molar refractivity (Wildman–Crippen MR) is 82.0 cm³/mol. The van der Waals surface area contributed by atoms with Crippen molar-refractivity contribution in [2.24, 2.45) is 5.41 Å². The zero-order valence-electron chi connectivity index (χ0n) is 12.0. The van der Waals surface area contributed by atoms with Crippen molar-refractivity contribution in [3.05, 3.63) is 33.6 Å². The van der Waals surface area contributed by atoms with Gasteiger partial charge in [-0.25, -0.2) is 4.79 Å². The molecule has 0 fully saturated rings. The Morgan fingerprint density at radius 3 is 2.60 bits per heavy atom. The Hall–Kier alpha value is -1.68.